The van der Waals surface area contributed by atoms with Gasteiger partial charge in [0, 0.05) is 43.3 Å². The molecule has 1 heterocycles. The van der Waals surface area contributed by atoms with Crippen molar-refractivity contribution < 1.29 is 14.0 Å². The van der Waals surface area contributed by atoms with E-state index in [1.165, 1.54) is 18.2 Å². The zero-order valence-electron chi connectivity index (χ0n) is 18.8. The van der Waals surface area contributed by atoms with Crippen LogP contribution >= 0.6 is 11.6 Å². The van der Waals surface area contributed by atoms with Crippen LogP contribution in [0, 0.1) is 5.82 Å². The number of hydrogen-bond donors (Lipinski definition) is 2. The second kappa shape index (κ2) is 11.3. The fraction of sp³-hybridized carbons (Fsp3) is 0.259. The summed E-state index contributed by atoms with van der Waals surface area (Å²) in [6.07, 6.45) is 0.415. The van der Waals surface area contributed by atoms with E-state index in [0.717, 1.165) is 43.0 Å². The van der Waals surface area contributed by atoms with Gasteiger partial charge in [-0.25, -0.2) is 4.39 Å². The monoisotopic (exact) mass is 479 g/mol. The maximum absolute atomic E-state index is 14.2. The summed E-state index contributed by atoms with van der Waals surface area (Å²) in [5.74, 6) is -1.39. The van der Waals surface area contributed by atoms with Crippen LogP contribution in [0.25, 0.3) is 0 Å². The molecule has 0 unspecified atom stereocenters. The number of rotatable bonds is 8. The van der Waals surface area contributed by atoms with Gasteiger partial charge >= 0.3 is 0 Å². The van der Waals surface area contributed by atoms with Crippen LogP contribution in [0.1, 0.15) is 21.5 Å². The molecule has 7 heteroatoms. The van der Waals surface area contributed by atoms with Gasteiger partial charge < -0.3 is 15.5 Å². The number of nitrogens with one attached hydrogen (secondary N) is 2. The maximum atomic E-state index is 14.2. The Bertz CT molecular complexity index is 1150. The smallest absolute Gasteiger partial charge is 0.254 e. The van der Waals surface area contributed by atoms with E-state index in [4.69, 9.17) is 11.6 Å². The highest BCUT2D eigenvalue weighted by Crippen LogP contribution is 2.26. The van der Waals surface area contributed by atoms with Crippen molar-refractivity contribution in [3.63, 3.8) is 0 Å². The molecule has 5 nitrogen and oxygen atoms in total. The molecule has 0 spiro atoms. The van der Waals surface area contributed by atoms with Gasteiger partial charge in [0.05, 0.1) is 11.6 Å². The Balaban J connectivity index is 1.59. The van der Waals surface area contributed by atoms with Crippen molar-refractivity contribution in [3.8, 4) is 0 Å². The lowest BCUT2D eigenvalue weighted by Gasteiger charge is -2.31. The summed E-state index contributed by atoms with van der Waals surface area (Å²) in [4.78, 5) is 28.6. The number of halogens is 2. The van der Waals surface area contributed by atoms with E-state index in [9.17, 15) is 14.0 Å². The molecule has 0 bridgehead atoms. The Hall–Kier alpha value is -3.22. The van der Waals surface area contributed by atoms with Crippen LogP contribution in [0.15, 0.2) is 72.8 Å². The highest BCUT2D eigenvalue weighted by Gasteiger charge is 2.25. The van der Waals surface area contributed by atoms with Crippen molar-refractivity contribution in [2.45, 2.75) is 18.9 Å². The number of Topliss-reactive ketones (excluding diaryl/α,β-unsaturated/α-hetero) is 1. The number of carbonyl (C=O) groups excluding carboxylic acids is 2. The summed E-state index contributed by atoms with van der Waals surface area (Å²) in [5, 5.41) is 6.65. The number of nitrogens with zero attached hydrogens (tertiary/aromatic N) is 1. The first-order valence-electron chi connectivity index (χ1n) is 11.4. The van der Waals surface area contributed by atoms with Gasteiger partial charge in [-0.1, -0.05) is 54.1 Å². The average Bonchev–Trinajstić information content (AvgIpc) is 2.85. The lowest BCUT2D eigenvalue weighted by molar-refractivity contribution is -0.120. The molecule has 3 aromatic carbocycles. The third kappa shape index (κ3) is 6.01. The summed E-state index contributed by atoms with van der Waals surface area (Å²) in [6.45, 7) is 3.40. The molecule has 0 aliphatic carbocycles. The third-order valence-electron chi connectivity index (χ3n) is 5.96. The fourth-order valence-corrected chi connectivity index (χ4v) is 4.39. The number of ketones is 1. The molecule has 2 N–H and O–H groups in total. The first-order chi connectivity index (χ1) is 16.5. The number of carbonyl (C=O) groups is 2. The van der Waals surface area contributed by atoms with Crippen LogP contribution in [-0.2, 0) is 17.6 Å². The second-order valence-electron chi connectivity index (χ2n) is 8.35. The first-order valence-corrected chi connectivity index (χ1v) is 11.7. The van der Waals surface area contributed by atoms with Gasteiger partial charge in [0.2, 0.25) is 0 Å². The molecular formula is C27H27ClFN3O2. The normalized spacial score (nSPS) is 14.5. The Morgan fingerprint density at radius 2 is 1.71 bits per heavy atom. The van der Waals surface area contributed by atoms with Gasteiger partial charge in [0.1, 0.15) is 5.82 Å². The largest absolute Gasteiger partial charge is 0.369 e. The predicted molar refractivity (Wildman–Crippen MR) is 133 cm³/mol. The number of amides is 1. The number of hydrogen-bond acceptors (Lipinski definition) is 4. The Kier molecular flexibility index (Phi) is 7.93. The Labute approximate surface area is 203 Å². The minimum absolute atomic E-state index is 0.0855. The van der Waals surface area contributed by atoms with E-state index in [0.29, 0.717) is 11.4 Å². The number of piperazine rings is 1. The van der Waals surface area contributed by atoms with E-state index >= 15 is 0 Å². The molecule has 1 fully saturated rings. The molecule has 3 aromatic rings. The van der Waals surface area contributed by atoms with E-state index < -0.39 is 17.8 Å². The van der Waals surface area contributed by atoms with Crippen LogP contribution < -0.4 is 15.5 Å². The van der Waals surface area contributed by atoms with Gasteiger partial charge in [-0.15, -0.1) is 0 Å². The van der Waals surface area contributed by atoms with E-state index in [1.54, 1.807) is 6.07 Å². The van der Waals surface area contributed by atoms with Gasteiger partial charge in [-0.2, -0.15) is 0 Å². The van der Waals surface area contributed by atoms with E-state index in [2.05, 4.69) is 15.5 Å². The zero-order chi connectivity index (χ0) is 23.9. The van der Waals surface area contributed by atoms with Crippen LogP contribution in [0.3, 0.4) is 0 Å². The van der Waals surface area contributed by atoms with Crippen LogP contribution in [0.2, 0.25) is 5.02 Å². The lowest BCUT2D eigenvalue weighted by atomic mass is 9.96. The fourth-order valence-electron chi connectivity index (χ4n) is 4.20. The van der Waals surface area contributed by atoms with Crippen LogP contribution in [0.4, 0.5) is 10.1 Å². The standard InChI is InChI=1S/C27H27ClFN3O2/c28-21-10-11-25(32-14-12-30-13-15-32)20(17-21)18-26(33)24(16-19-6-2-1-3-7-19)31-27(34)22-8-4-5-9-23(22)29/h1-11,17,24,30H,12-16,18H2,(H,31,34)/t24-/m1/s1. The summed E-state index contributed by atoms with van der Waals surface area (Å²) >= 11 is 6.28. The SMILES string of the molecule is O=C(N[C@H](Cc1ccccc1)C(=O)Cc1cc(Cl)ccc1N1CCNCC1)c1ccccc1F. The second-order valence-corrected chi connectivity index (χ2v) is 8.79. The van der Waals surface area contributed by atoms with Crippen molar-refractivity contribution in [3.05, 3.63) is 100 Å². The summed E-state index contributed by atoms with van der Waals surface area (Å²) in [6, 6.07) is 20.0. The van der Waals surface area contributed by atoms with Crippen molar-refractivity contribution in [2.75, 3.05) is 31.1 Å². The van der Waals surface area contributed by atoms with Crippen LogP contribution in [-0.4, -0.2) is 43.9 Å². The molecule has 0 radical (unpaired) electrons. The molecule has 1 saturated heterocycles. The minimum Gasteiger partial charge on any atom is -0.369 e. The molecule has 1 atom stereocenters. The molecule has 0 saturated carbocycles. The third-order valence-corrected chi connectivity index (χ3v) is 6.19. The van der Waals surface area contributed by atoms with Gasteiger partial charge in [0.25, 0.3) is 5.91 Å². The summed E-state index contributed by atoms with van der Waals surface area (Å²) in [5.41, 5.74) is 2.61. The molecule has 1 aliphatic rings. The zero-order valence-corrected chi connectivity index (χ0v) is 19.5. The van der Waals surface area contributed by atoms with E-state index in [-0.39, 0.29) is 17.8 Å². The quantitative estimate of drug-likeness (QED) is 0.512. The molecule has 176 valence electrons. The molecule has 0 aromatic heterocycles. The van der Waals surface area contributed by atoms with Crippen LogP contribution in [0.5, 0.6) is 0 Å². The first kappa shape index (κ1) is 23.9. The highest BCUT2D eigenvalue weighted by molar-refractivity contribution is 6.30. The summed E-state index contributed by atoms with van der Waals surface area (Å²) in [7, 11) is 0. The minimum atomic E-state index is -0.815. The highest BCUT2D eigenvalue weighted by atomic mass is 35.5. The molecule has 1 aliphatic heterocycles. The summed E-state index contributed by atoms with van der Waals surface area (Å²) < 4.78 is 14.2. The lowest BCUT2D eigenvalue weighted by Crippen LogP contribution is -2.45. The predicted octanol–water partition coefficient (Wildman–Crippen LogP) is 4.04. The molecule has 34 heavy (non-hydrogen) atoms. The van der Waals surface area contributed by atoms with Gasteiger partial charge in [0.15, 0.2) is 5.78 Å². The van der Waals surface area contributed by atoms with Crippen molar-refractivity contribution in [1.29, 1.82) is 0 Å². The molecule has 4 rings (SSSR count). The molecule has 1 amide bonds. The van der Waals surface area contributed by atoms with Crippen molar-refractivity contribution >= 4 is 29.0 Å². The van der Waals surface area contributed by atoms with Gasteiger partial charge in [-0.05, 0) is 47.9 Å². The topological polar surface area (TPSA) is 61.4 Å². The number of benzene rings is 3. The van der Waals surface area contributed by atoms with Crippen molar-refractivity contribution in [2.24, 2.45) is 0 Å². The van der Waals surface area contributed by atoms with Gasteiger partial charge in [-0.3, -0.25) is 9.59 Å². The Morgan fingerprint density at radius 3 is 2.44 bits per heavy atom. The van der Waals surface area contributed by atoms with Crippen molar-refractivity contribution in [1.82, 2.24) is 10.6 Å². The Morgan fingerprint density at radius 1 is 1.00 bits per heavy atom. The molecular weight excluding hydrogens is 453 g/mol. The average molecular weight is 480 g/mol. The maximum Gasteiger partial charge on any atom is 0.254 e. The van der Waals surface area contributed by atoms with E-state index in [1.807, 2.05) is 48.5 Å². The number of anilines is 1.